The van der Waals surface area contributed by atoms with Crippen LogP contribution in [0.4, 0.5) is 17.1 Å². The Morgan fingerprint density at radius 2 is 1.00 bits per heavy atom. The number of ether oxygens (including phenoxy) is 2. The van der Waals surface area contributed by atoms with Crippen LogP contribution in [0.5, 0.6) is 11.5 Å². The van der Waals surface area contributed by atoms with Gasteiger partial charge < -0.3 is 35.5 Å². The number of H-pyrrole nitrogens is 1. The van der Waals surface area contributed by atoms with E-state index in [1.165, 1.54) is 23.8 Å². The first-order valence-electron chi connectivity index (χ1n) is 26.4. The molecule has 0 aliphatic rings. The van der Waals surface area contributed by atoms with Crippen LogP contribution in [-0.2, 0) is 27.5 Å². The predicted octanol–water partition coefficient (Wildman–Crippen LogP) is 10.7. The zero-order chi connectivity index (χ0) is 60.6. The molecule has 428 valence electrons. The molecule has 6 heterocycles. The van der Waals surface area contributed by atoms with Crippen molar-refractivity contribution >= 4 is 96.4 Å². The topological polar surface area (TPSA) is 249 Å². The number of aromatic nitrogens is 9. The molecule has 0 fully saturated rings. The molecule has 0 spiro atoms. The summed E-state index contributed by atoms with van der Waals surface area (Å²) in [4.78, 5) is 47.3. The zero-order valence-electron chi connectivity index (χ0n) is 47.2. The van der Waals surface area contributed by atoms with E-state index in [1.807, 2.05) is 139 Å². The number of benzene rings is 5. The van der Waals surface area contributed by atoms with Gasteiger partial charge in [-0.25, -0.2) is 24.3 Å². The molecule has 11 aromatic rings. The molecule has 5 aromatic carbocycles. The van der Waals surface area contributed by atoms with Crippen LogP contribution in [0.1, 0.15) is 28.2 Å². The lowest BCUT2D eigenvalue weighted by Gasteiger charge is -2.07. The third kappa shape index (κ3) is 16.0. The van der Waals surface area contributed by atoms with E-state index < -0.39 is 7.12 Å². The summed E-state index contributed by atoms with van der Waals surface area (Å²) in [5.41, 5.74) is 13.8. The van der Waals surface area contributed by atoms with Gasteiger partial charge in [0.2, 0.25) is 17.7 Å². The average Bonchev–Trinajstić information content (AvgIpc) is 3.84. The number of carbonyl (C=O) groups excluding carboxylic acids is 3. The normalized spacial score (nSPS) is 10.5. The van der Waals surface area contributed by atoms with Crippen molar-refractivity contribution in [2.24, 2.45) is 0 Å². The monoisotopic (exact) mass is 1200 g/mol. The Bertz CT molecular complexity index is 4200. The van der Waals surface area contributed by atoms with Gasteiger partial charge in [-0.15, -0.1) is 0 Å². The summed E-state index contributed by atoms with van der Waals surface area (Å²) in [5, 5.41) is 45.1. The molecule has 21 heteroatoms. The largest absolute Gasteiger partial charge is 0.497 e. The van der Waals surface area contributed by atoms with Gasteiger partial charge in [0, 0.05) is 73.1 Å². The lowest BCUT2D eigenvalue weighted by atomic mass is 9.80. The van der Waals surface area contributed by atoms with Gasteiger partial charge in [-0.1, -0.05) is 80.4 Å². The molecule has 6 N–H and O–H groups in total. The van der Waals surface area contributed by atoms with Crippen molar-refractivity contribution in [3.8, 4) is 33.8 Å². The van der Waals surface area contributed by atoms with Crippen molar-refractivity contribution in [3.05, 3.63) is 229 Å². The van der Waals surface area contributed by atoms with Gasteiger partial charge in [-0.3, -0.25) is 19.5 Å². The minimum atomic E-state index is -1.53. The molecule has 0 saturated carbocycles. The number of anilines is 3. The number of hydrogen-bond donors (Lipinski definition) is 6. The fraction of sp³-hybridized carbons (Fsp3) is 0.109. The predicted molar refractivity (Wildman–Crippen MR) is 339 cm³/mol. The molecule has 0 bridgehead atoms. The van der Waals surface area contributed by atoms with Crippen LogP contribution in [0.25, 0.3) is 55.4 Å². The highest BCUT2D eigenvalue weighted by atomic mass is 79.9. The van der Waals surface area contributed by atoms with E-state index in [9.17, 15) is 14.4 Å². The van der Waals surface area contributed by atoms with Crippen molar-refractivity contribution < 1.29 is 33.9 Å². The minimum absolute atomic E-state index is 0.230. The highest BCUT2D eigenvalue weighted by molar-refractivity contribution is 9.10. The summed E-state index contributed by atoms with van der Waals surface area (Å²) in [6.07, 6.45) is 9.05. The fourth-order valence-electron chi connectivity index (χ4n) is 8.67. The molecule has 19 nitrogen and oxygen atoms in total. The van der Waals surface area contributed by atoms with Crippen LogP contribution in [0.2, 0.25) is 0 Å². The third-order valence-electron chi connectivity index (χ3n) is 13.0. The lowest BCUT2D eigenvalue weighted by molar-refractivity contribution is -0.112. The quantitative estimate of drug-likeness (QED) is 0.0413. The number of nitrogens with zero attached hydrogens (tertiary/aromatic N) is 8. The van der Waals surface area contributed by atoms with Gasteiger partial charge in [-0.2, -0.15) is 15.3 Å². The van der Waals surface area contributed by atoms with Crippen LogP contribution in [-0.4, -0.2) is 93.8 Å². The van der Waals surface area contributed by atoms with E-state index in [1.54, 1.807) is 44.8 Å². The molecule has 0 unspecified atom stereocenters. The molecule has 3 amide bonds. The van der Waals surface area contributed by atoms with Crippen LogP contribution in [0, 0.1) is 20.8 Å². The first kappa shape index (κ1) is 60.7. The van der Waals surface area contributed by atoms with Crippen LogP contribution < -0.4 is 30.9 Å². The van der Waals surface area contributed by atoms with Gasteiger partial charge in [-0.05, 0) is 162 Å². The Morgan fingerprint density at radius 1 is 0.565 bits per heavy atom. The maximum Gasteiger partial charge on any atom is 0.488 e. The van der Waals surface area contributed by atoms with E-state index >= 15 is 0 Å². The summed E-state index contributed by atoms with van der Waals surface area (Å²) in [7, 11) is 1.79. The summed E-state index contributed by atoms with van der Waals surface area (Å²) in [5.74, 6) is 0.879. The van der Waals surface area contributed by atoms with Gasteiger partial charge in [0.15, 0.2) is 16.9 Å². The van der Waals surface area contributed by atoms with Crippen molar-refractivity contribution in [2.45, 2.75) is 33.9 Å². The number of pyridine rings is 3. The number of hydrogen-bond acceptors (Lipinski definition) is 13. The molecule has 6 aromatic heterocycles. The molecule has 11 rings (SSSR count). The number of amides is 3. The molecule has 85 heavy (non-hydrogen) atoms. The average molecular weight is 1200 g/mol. The number of fused-ring (bicyclic) bond motifs is 3. The Morgan fingerprint density at radius 3 is 1.47 bits per heavy atom. The Labute approximate surface area is 499 Å². The first-order chi connectivity index (χ1) is 41.0. The van der Waals surface area contributed by atoms with Gasteiger partial charge in [0.05, 0.1) is 38.7 Å². The highest BCUT2D eigenvalue weighted by Crippen LogP contribution is 2.29. The number of methoxy groups -OCH3 is 2. The third-order valence-corrected chi connectivity index (χ3v) is 13.5. The van der Waals surface area contributed by atoms with Crippen LogP contribution in [0.3, 0.4) is 0 Å². The van der Waals surface area contributed by atoms with Crippen molar-refractivity contribution in [1.29, 1.82) is 0 Å². The highest BCUT2D eigenvalue weighted by Gasteiger charge is 2.15. The van der Waals surface area contributed by atoms with Crippen LogP contribution in [0.15, 0.2) is 201 Å². The van der Waals surface area contributed by atoms with Gasteiger partial charge >= 0.3 is 7.12 Å². The minimum Gasteiger partial charge on any atom is -0.497 e. The smallest absolute Gasteiger partial charge is 0.488 e. The second kappa shape index (κ2) is 28.6. The Hall–Kier alpha value is -10.3. The number of aromatic amines is 1. The summed E-state index contributed by atoms with van der Waals surface area (Å²) < 4.78 is 15.2. The molecular weight excluding hydrogens is 1140 g/mol. The second-order valence-electron chi connectivity index (χ2n) is 19.0. The molecule has 0 saturated heterocycles. The number of nitrogens with one attached hydrogen (secondary N) is 4. The first-order valence-corrected chi connectivity index (χ1v) is 27.2. The van der Waals surface area contributed by atoms with E-state index in [4.69, 9.17) is 19.5 Å². The fourth-order valence-corrected chi connectivity index (χ4v) is 9.00. The number of aryl methyl sites for hydroxylation is 3. The SMILES string of the molecule is C=CC(=O)Nc1cccc(-c2cnc3c(c2)c(C)nn3Cc2ccc(OC)cc2)c1.C=CC(=O)Nc1cccc(-c2cnc3n[nH]c(C)c3c2)c1.C=CC(=O)Nc1cccc(B(O)O)c1.COc1ccc(Cn2nc(C)c3cc(Br)cnc32)cc1. The number of halogens is 1. The zero-order valence-corrected chi connectivity index (χ0v) is 48.8. The lowest BCUT2D eigenvalue weighted by Crippen LogP contribution is -2.29. The molecule has 0 atom stereocenters. The molecule has 0 aliphatic heterocycles. The summed E-state index contributed by atoms with van der Waals surface area (Å²) in [6, 6.07) is 43.7. The van der Waals surface area contributed by atoms with E-state index in [-0.39, 0.29) is 17.7 Å². The summed E-state index contributed by atoms with van der Waals surface area (Å²) >= 11 is 3.45. The summed E-state index contributed by atoms with van der Waals surface area (Å²) in [6.45, 7) is 17.5. The van der Waals surface area contributed by atoms with Gasteiger partial charge in [0.1, 0.15) is 11.5 Å². The van der Waals surface area contributed by atoms with E-state index in [0.29, 0.717) is 35.6 Å². The molecule has 0 radical (unpaired) electrons. The second-order valence-corrected chi connectivity index (χ2v) is 19.9. The van der Waals surface area contributed by atoms with Crippen LogP contribution >= 0.6 is 15.9 Å². The molecule has 0 aliphatic carbocycles. The van der Waals surface area contributed by atoms with Crippen molar-refractivity contribution in [1.82, 2.24) is 44.7 Å². The van der Waals surface area contributed by atoms with Gasteiger partial charge in [0.25, 0.3) is 0 Å². The van der Waals surface area contributed by atoms with E-state index in [2.05, 4.69) is 99.1 Å². The van der Waals surface area contributed by atoms with Crippen molar-refractivity contribution in [2.75, 3.05) is 30.2 Å². The van der Waals surface area contributed by atoms with Crippen molar-refractivity contribution in [3.63, 3.8) is 0 Å². The number of rotatable bonds is 15. The Kier molecular flexibility index (Phi) is 20.4. The standard InChI is InChI=1S/C24H22N4O2.C16H14N4O.C15H14BrN3O.C9H10BNO3/c1-4-23(29)26-20-7-5-6-18(12-20)19-13-22-16(2)27-28(24(22)25-14-19)15-17-8-10-21(30-3)11-9-17;1-3-15(21)18-13-6-4-5-11(7-13)12-8-14-10(2)19-20-16(14)17-9-12;1-10-14-7-12(16)8-17-15(14)19(18-10)9-11-3-5-13(20-2)6-4-11;1-2-9(12)11-8-5-3-4-7(6-8)10(13)14/h4-14H,1,15H2,2-3H3,(H,26,29);3-9H,1H2,2H3,(H,18,21)(H,17,19,20);3-8H,9H2,1-2H3;2-6,13-14H,1H2,(H,11,12). The maximum atomic E-state index is 11.6. The maximum absolute atomic E-state index is 11.6. The number of carbonyl (C=O) groups is 3. The van der Waals surface area contributed by atoms with E-state index in [0.717, 1.165) is 100 Å². The Balaban J connectivity index is 0.000000153. The molecular formula is C64H60BBrN12O7.